The topological polar surface area (TPSA) is 88.3 Å². The van der Waals surface area contributed by atoms with Gasteiger partial charge in [0.1, 0.15) is 29.0 Å². The van der Waals surface area contributed by atoms with E-state index in [1.54, 1.807) is 0 Å². The Morgan fingerprint density at radius 3 is 2.24 bits per heavy atom. The molecule has 0 aliphatic heterocycles. The maximum atomic E-state index is 14.4. The molecule has 0 atom stereocenters. The van der Waals surface area contributed by atoms with Gasteiger partial charge in [0.2, 0.25) is 0 Å². The zero-order valence-electron chi connectivity index (χ0n) is 14.5. The van der Waals surface area contributed by atoms with Crippen LogP contribution in [-0.2, 0) is 0 Å². The molecule has 29 heavy (non-hydrogen) atoms. The van der Waals surface area contributed by atoms with Gasteiger partial charge in [-0.15, -0.1) is 0 Å². The van der Waals surface area contributed by atoms with Gasteiger partial charge in [-0.2, -0.15) is 0 Å². The molecule has 3 aromatic rings. The Morgan fingerprint density at radius 2 is 1.62 bits per heavy atom. The van der Waals surface area contributed by atoms with E-state index >= 15 is 0 Å². The second-order valence-corrected chi connectivity index (χ2v) is 5.70. The number of halogens is 4. The fraction of sp³-hybridized carbons (Fsp3) is 0. The summed E-state index contributed by atoms with van der Waals surface area (Å²) < 4.78 is 55.9. The molecule has 148 valence electrons. The molecule has 0 saturated carbocycles. The van der Waals surface area contributed by atoms with Crippen molar-refractivity contribution in [1.29, 1.82) is 0 Å². The predicted octanol–water partition coefficient (Wildman–Crippen LogP) is 4.11. The number of rotatable bonds is 4. The van der Waals surface area contributed by atoms with Gasteiger partial charge in [-0.05, 0) is 36.4 Å². The molecule has 0 bridgehead atoms. The van der Waals surface area contributed by atoms with Gasteiger partial charge in [0.05, 0.1) is 11.3 Å². The van der Waals surface area contributed by atoms with Gasteiger partial charge in [-0.3, -0.25) is 4.79 Å². The lowest BCUT2D eigenvalue weighted by atomic mass is 10.2. The molecule has 0 spiro atoms. The molecular formula is C19H12F4N4O2. The van der Waals surface area contributed by atoms with Crippen molar-refractivity contribution < 1.29 is 27.2 Å². The number of carbonyl (C=O) groups is 2. The monoisotopic (exact) mass is 404 g/mol. The minimum Gasteiger partial charge on any atom is -0.365 e. The van der Waals surface area contributed by atoms with Crippen molar-refractivity contribution in [2.75, 3.05) is 10.2 Å². The molecule has 0 unspecified atom stereocenters. The van der Waals surface area contributed by atoms with Crippen LogP contribution in [0.2, 0.25) is 0 Å². The number of primary amides is 1. The van der Waals surface area contributed by atoms with Crippen molar-refractivity contribution in [3.8, 4) is 0 Å². The standard InChI is InChI=1S/C19H12F4N4O2/c20-10-6-7-15(14(23)9-10)26-19(29)27(16-12(21)4-1-5-13(16)22)18-11(17(24)28)3-2-8-25-18/h1-9H,(H2,24,28)(H,26,29). The Hall–Kier alpha value is -3.95. The van der Waals surface area contributed by atoms with Crippen LogP contribution in [0.5, 0.6) is 0 Å². The van der Waals surface area contributed by atoms with Gasteiger partial charge >= 0.3 is 6.03 Å². The SMILES string of the molecule is NC(=O)c1cccnc1N(C(=O)Nc1ccc(F)cc1F)c1c(F)cccc1F. The van der Waals surface area contributed by atoms with Crippen molar-refractivity contribution in [3.05, 3.63) is 83.6 Å². The summed E-state index contributed by atoms with van der Waals surface area (Å²) in [7, 11) is 0. The second kappa shape index (κ2) is 7.97. The number of aromatic nitrogens is 1. The van der Waals surface area contributed by atoms with Gasteiger partial charge in [0.25, 0.3) is 5.91 Å². The maximum Gasteiger partial charge on any atom is 0.332 e. The first kappa shape index (κ1) is 19.8. The molecule has 1 heterocycles. The molecule has 0 saturated heterocycles. The largest absolute Gasteiger partial charge is 0.365 e. The highest BCUT2D eigenvalue weighted by molar-refractivity contribution is 6.10. The van der Waals surface area contributed by atoms with Gasteiger partial charge < -0.3 is 11.1 Å². The number of para-hydroxylation sites is 1. The summed E-state index contributed by atoms with van der Waals surface area (Å²) >= 11 is 0. The van der Waals surface area contributed by atoms with E-state index in [0.717, 1.165) is 30.3 Å². The fourth-order valence-electron chi connectivity index (χ4n) is 2.54. The number of hydrogen-bond acceptors (Lipinski definition) is 3. The number of urea groups is 1. The van der Waals surface area contributed by atoms with E-state index < -0.39 is 52.4 Å². The third-order valence-corrected chi connectivity index (χ3v) is 3.80. The number of pyridine rings is 1. The lowest BCUT2D eigenvalue weighted by Crippen LogP contribution is -2.35. The summed E-state index contributed by atoms with van der Waals surface area (Å²) in [6.07, 6.45) is 1.17. The number of nitrogens with one attached hydrogen (secondary N) is 1. The van der Waals surface area contributed by atoms with Crippen LogP contribution in [0.25, 0.3) is 0 Å². The summed E-state index contributed by atoms with van der Waals surface area (Å²) in [6, 6.07) is 6.40. The molecule has 1 aromatic heterocycles. The molecule has 3 rings (SSSR count). The highest BCUT2D eigenvalue weighted by Crippen LogP contribution is 2.32. The van der Waals surface area contributed by atoms with E-state index in [-0.39, 0.29) is 5.56 Å². The molecule has 0 fully saturated rings. The molecule has 10 heteroatoms. The molecule has 6 nitrogen and oxygen atoms in total. The zero-order valence-corrected chi connectivity index (χ0v) is 14.5. The van der Waals surface area contributed by atoms with E-state index in [1.807, 2.05) is 0 Å². The number of carbonyl (C=O) groups excluding carboxylic acids is 2. The molecule has 0 aliphatic carbocycles. The van der Waals surface area contributed by atoms with Crippen LogP contribution in [0.4, 0.5) is 39.5 Å². The van der Waals surface area contributed by atoms with Crippen LogP contribution in [-0.4, -0.2) is 16.9 Å². The summed E-state index contributed by atoms with van der Waals surface area (Å²) in [5.74, 6) is -5.82. The number of benzene rings is 2. The number of nitrogens with two attached hydrogens (primary N) is 1. The molecule has 2 aromatic carbocycles. The number of nitrogens with zero attached hydrogens (tertiary/aromatic N) is 2. The van der Waals surface area contributed by atoms with E-state index in [0.29, 0.717) is 11.0 Å². The van der Waals surface area contributed by atoms with E-state index in [2.05, 4.69) is 10.3 Å². The first-order chi connectivity index (χ1) is 13.8. The molecule has 0 aliphatic rings. The summed E-state index contributed by atoms with van der Waals surface area (Å²) in [5.41, 5.74) is 3.63. The first-order valence-corrected chi connectivity index (χ1v) is 8.04. The number of hydrogen-bond donors (Lipinski definition) is 2. The van der Waals surface area contributed by atoms with Crippen molar-refractivity contribution in [1.82, 2.24) is 4.98 Å². The lowest BCUT2D eigenvalue weighted by Gasteiger charge is -2.24. The molecule has 0 radical (unpaired) electrons. The van der Waals surface area contributed by atoms with Crippen LogP contribution < -0.4 is 16.0 Å². The van der Waals surface area contributed by atoms with E-state index in [1.165, 1.54) is 18.3 Å². The summed E-state index contributed by atoms with van der Waals surface area (Å²) in [6.45, 7) is 0. The van der Waals surface area contributed by atoms with E-state index in [9.17, 15) is 27.2 Å². The summed E-state index contributed by atoms with van der Waals surface area (Å²) in [4.78, 5) is 28.8. The fourth-order valence-corrected chi connectivity index (χ4v) is 2.54. The summed E-state index contributed by atoms with van der Waals surface area (Å²) in [5, 5.41) is 2.07. The van der Waals surface area contributed by atoms with Gasteiger partial charge in [0, 0.05) is 12.3 Å². The van der Waals surface area contributed by atoms with Gasteiger partial charge in [0.15, 0.2) is 5.82 Å². The van der Waals surface area contributed by atoms with Crippen molar-refractivity contribution in [3.63, 3.8) is 0 Å². The Bertz CT molecular complexity index is 1090. The Balaban J connectivity index is 2.16. The van der Waals surface area contributed by atoms with Crippen LogP contribution in [0.1, 0.15) is 10.4 Å². The Labute approximate surface area is 161 Å². The van der Waals surface area contributed by atoms with E-state index in [4.69, 9.17) is 5.73 Å². The highest BCUT2D eigenvalue weighted by atomic mass is 19.1. The molecule has 3 amide bonds. The minimum atomic E-state index is -1.26. The van der Waals surface area contributed by atoms with Gasteiger partial charge in [-0.1, -0.05) is 6.07 Å². The Kier molecular flexibility index (Phi) is 5.44. The number of amides is 3. The van der Waals surface area contributed by atoms with Crippen LogP contribution in [0.15, 0.2) is 54.7 Å². The van der Waals surface area contributed by atoms with Crippen molar-refractivity contribution in [2.45, 2.75) is 0 Å². The van der Waals surface area contributed by atoms with Crippen molar-refractivity contribution >= 4 is 29.1 Å². The predicted molar refractivity (Wildman–Crippen MR) is 96.6 cm³/mol. The van der Waals surface area contributed by atoms with Crippen molar-refractivity contribution in [2.24, 2.45) is 5.73 Å². The highest BCUT2D eigenvalue weighted by Gasteiger charge is 2.29. The lowest BCUT2D eigenvalue weighted by molar-refractivity contribution is 0.100. The number of anilines is 3. The minimum absolute atomic E-state index is 0.315. The second-order valence-electron chi connectivity index (χ2n) is 5.70. The molecular weight excluding hydrogens is 392 g/mol. The third kappa shape index (κ3) is 4.00. The molecule has 3 N–H and O–H groups in total. The smallest absolute Gasteiger partial charge is 0.332 e. The average Bonchev–Trinajstić information content (AvgIpc) is 2.67. The van der Waals surface area contributed by atoms with Crippen LogP contribution >= 0.6 is 0 Å². The van der Waals surface area contributed by atoms with Gasteiger partial charge in [-0.25, -0.2) is 32.2 Å². The normalized spacial score (nSPS) is 10.5. The average molecular weight is 404 g/mol. The first-order valence-electron chi connectivity index (χ1n) is 8.04. The zero-order chi connectivity index (χ0) is 21.1. The quantitative estimate of drug-likeness (QED) is 0.642. The maximum absolute atomic E-state index is 14.4. The third-order valence-electron chi connectivity index (χ3n) is 3.80. The van der Waals surface area contributed by atoms with Crippen LogP contribution in [0, 0.1) is 23.3 Å². The Morgan fingerprint density at radius 1 is 0.931 bits per heavy atom. The van der Waals surface area contributed by atoms with Crippen LogP contribution in [0.3, 0.4) is 0 Å².